The van der Waals surface area contributed by atoms with E-state index in [4.69, 9.17) is 21.1 Å². The van der Waals surface area contributed by atoms with Crippen molar-refractivity contribution in [3.63, 3.8) is 0 Å². The van der Waals surface area contributed by atoms with Gasteiger partial charge in [-0.25, -0.2) is 0 Å². The maximum Gasteiger partial charge on any atom is 0.310 e. The van der Waals surface area contributed by atoms with Gasteiger partial charge in [0, 0.05) is 16.6 Å². The fourth-order valence-electron chi connectivity index (χ4n) is 3.76. The van der Waals surface area contributed by atoms with E-state index in [2.05, 4.69) is 0 Å². The third-order valence-corrected chi connectivity index (χ3v) is 5.69. The van der Waals surface area contributed by atoms with Gasteiger partial charge in [0.2, 0.25) is 0 Å². The van der Waals surface area contributed by atoms with Gasteiger partial charge in [-0.3, -0.25) is 14.2 Å². The number of methoxy groups -OCH3 is 1. The minimum absolute atomic E-state index is 0.0228. The zero-order valence-electron chi connectivity index (χ0n) is 17.8. The third kappa shape index (κ3) is 4.25. The first-order chi connectivity index (χ1) is 15.5. The van der Waals surface area contributed by atoms with Crippen LogP contribution in [-0.4, -0.2) is 23.6 Å². The minimum atomic E-state index is -0.378. The van der Waals surface area contributed by atoms with Gasteiger partial charge in [0.15, 0.2) is 0 Å². The maximum absolute atomic E-state index is 13.3. The molecular weight excluding hydrogens is 426 g/mol. The van der Waals surface area contributed by atoms with Gasteiger partial charge in [-0.1, -0.05) is 60.1 Å². The van der Waals surface area contributed by atoms with E-state index in [1.54, 1.807) is 28.8 Å². The fraction of sp³-hybridized carbons (Fsp3) is 0.154. The van der Waals surface area contributed by atoms with Crippen molar-refractivity contribution in [2.45, 2.75) is 20.0 Å². The Bertz CT molecular complexity index is 1280. The van der Waals surface area contributed by atoms with Gasteiger partial charge in [0.1, 0.15) is 12.4 Å². The molecule has 0 saturated carbocycles. The summed E-state index contributed by atoms with van der Waals surface area (Å²) in [5, 5.41) is 1.11. The monoisotopic (exact) mass is 447 g/mol. The summed E-state index contributed by atoms with van der Waals surface area (Å²) in [5.41, 5.74) is 3.44. The zero-order valence-corrected chi connectivity index (χ0v) is 18.6. The summed E-state index contributed by atoms with van der Waals surface area (Å²) < 4.78 is 12.4. The highest BCUT2D eigenvalue weighted by atomic mass is 35.5. The van der Waals surface area contributed by atoms with E-state index in [9.17, 15) is 9.59 Å². The van der Waals surface area contributed by atoms with E-state index in [1.165, 1.54) is 7.11 Å². The van der Waals surface area contributed by atoms with Gasteiger partial charge in [-0.2, -0.15) is 0 Å². The average molecular weight is 448 g/mol. The van der Waals surface area contributed by atoms with Gasteiger partial charge < -0.3 is 9.47 Å². The first-order valence-electron chi connectivity index (χ1n) is 10.2. The second kappa shape index (κ2) is 9.28. The van der Waals surface area contributed by atoms with Gasteiger partial charge >= 0.3 is 5.97 Å². The van der Waals surface area contributed by atoms with Crippen LogP contribution in [0.25, 0.3) is 10.9 Å². The lowest BCUT2D eigenvalue weighted by Gasteiger charge is -2.08. The lowest BCUT2D eigenvalue weighted by molar-refractivity contribution is -0.144. The van der Waals surface area contributed by atoms with Crippen LogP contribution in [0, 0.1) is 6.92 Å². The molecule has 0 spiro atoms. The predicted octanol–water partition coefficient (Wildman–Crippen LogP) is 5.59. The zero-order chi connectivity index (χ0) is 22.7. The molecule has 1 heterocycles. The van der Waals surface area contributed by atoms with Gasteiger partial charge in [-0.15, -0.1) is 0 Å². The van der Waals surface area contributed by atoms with E-state index >= 15 is 0 Å². The fourth-order valence-corrected chi connectivity index (χ4v) is 4.00. The number of ether oxygens (including phenoxy) is 2. The quantitative estimate of drug-likeness (QED) is 0.362. The standard InChI is InChI=1S/C26H22ClNO4/c1-17-20(14-25(29)32-16-18-9-5-3-6-10-18)21-13-24(31-2)22(27)15-23(21)28(17)26(30)19-11-7-4-8-12-19/h3-13,15H,14,16H2,1-2H3. The van der Waals surface area contributed by atoms with Crippen LogP contribution in [0.5, 0.6) is 5.75 Å². The van der Waals surface area contributed by atoms with Crippen LogP contribution in [0.3, 0.4) is 0 Å². The summed E-state index contributed by atoms with van der Waals surface area (Å²) in [6.45, 7) is 2.01. The Morgan fingerprint density at radius 3 is 2.28 bits per heavy atom. The van der Waals surface area contributed by atoms with E-state index in [0.717, 1.165) is 10.9 Å². The average Bonchev–Trinajstić information content (AvgIpc) is 3.08. The summed E-state index contributed by atoms with van der Waals surface area (Å²) in [6.07, 6.45) is 0.0228. The molecule has 162 valence electrons. The van der Waals surface area contributed by atoms with Crippen molar-refractivity contribution in [1.29, 1.82) is 0 Å². The Hall–Kier alpha value is -3.57. The molecule has 0 aliphatic carbocycles. The molecule has 0 aliphatic heterocycles. The molecule has 6 heteroatoms. The van der Waals surface area contributed by atoms with Crippen LogP contribution in [0.4, 0.5) is 0 Å². The Balaban J connectivity index is 1.73. The molecule has 0 amide bonds. The lowest BCUT2D eigenvalue weighted by atomic mass is 10.1. The van der Waals surface area contributed by atoms with E-state index in [-0.39, 0.29) is 24.9 Å². The summed E-state index contributed by atoms with van der Waals surface area (Å²) in [7, 11) is 1.53. The van der Waals surface area contributed by atoms with Crippen LogP contribution >= 0.6 is 11.6 Å². The Morgan fingerprint density at radius 1 is 0.969 bits per heavy atom. The number of aromatic nitrogens is 1. The number of halogens is 1. The molecule has 0 N–H and O–H groups in total. The first-order valence-corrected chi connectivity index (χ1v) is 10.5. The SMILES string of the molecule is COc1cc2c(CC(=O)OCc3ccccc3)c(C)n(C(=O)c3ccccc3)c2cc1Cl. The molecule has 0 fully saturated rings. The molecular formula is C26H22ClNO4. The number of esters is 1. The van der Waals surface area contributed by atoms with Gasteiger partial charge in [0.25, 0.3) is 5.91 Å². The van der Waals surface area contributed by atoms with Crippen molar-refractivity contribution in [2.75, 3.05) is 7.11 Å². The van der Waals surface area contributed by atoms with E-state index < -0.39 is 0 Å². The molecule has 0 radical (unpaired) electrons. The van der Waals surface area contributed by atoms with Crippen molar-refractivity contribution in [3.05, 3.63) is 100 Å². The van der Waals surface area contributed by atoms with Crippen LogP contribution in [0.15, 0.2) is 72.8 Å². The largest absolute Gasteiger partial charge is 0.495 e. The number of carbonyl (C=O) groups excluding carboxylic acids is 2. The molecule has 4 aromatic rings. The van der Waals surface area contributed by atoms with Crippen LogP contribution < -0.4 is 4.74 Å². The van der Waals surface area contributed by atoms with Gasteiger partial charge in [0.05, 0.1) is 24.1 Å². The number of hydrogen-bond acceptors (Lipinski definition) is 4. The molecule has 0 unspecified atom stereocenters. The van der Waals surface area contributed by atoms with Crippen molar-refractivity contribution in [2.24, 2.45) is 0 Å². The second-order valence-electron chi connectivity index (χ2n) is 7.40. The van der Waals surface area contributed by atoms with Crippen molar-refractivity contribution in [1.82, 2.24) is 4.57 Å². The predicted molar refractivity (Wildman–Crippen MR) is 124 cm³/mol. The van der Waals surface area contributed by atoms with Crippen LogP contribution in [0.2, 0.25) is 5.02 Å². The summed E-state index contributed by atoms with van der Waals surface area (Å²) in [6, 6.07) is 21.9. The molecule has 1 aromatic heterocycles. The van der Waals surface area contributed by atoms with Crippen molar-refractivity contribution in [3.8, 4) is 5.75 Å². The molecule has 3 aromatic carbocycles. The molecule has 0 saturated heterocycles. The Kier molecular flexibility index (Phi) is 6.28. The molecule has 5 nitrogen and oxygen atoms in total. The summed E-state index contributed by atoms with van der Waals surface area (Å²) in [4.78, 5) is 26.0. The summed E-state index contributed by atoms with van der Waals surface area (Å²) in [5.74, 6) is -0.0994. The molecule has 0 aliphatic rings. The number of benzene rings is 3. The highest BCUT2D eigenvalue weighted by Crippen LogP contribution is 2.35. The number of hydrogen-bond donors (Lipinski definition) is 0. The third-order valence-electron chi connectivity index (χ3n) is 5.40. The Labute approximate surface area is 191 Å². The van der Waals surface area contributed by atoms with Crippen molar-refractivity contribution >= 4 is 34.4 Å². The van der Waals surface area contributed by atoms with Crippen LogP contribution in [-0.2, 0) is 22.6 Å². The number of rotatable bonds is 6. The van der Waals surface area contributed by atoms with E-state index in [0.29, 0.717) is 33.1 Å². The van der Waals surface area contributed by atoms with E-state index in [1.807, 2.05) is 55.5 Å². The van der Waals surface area contributed by atoms with Crippen LogP contribution in [0.1, 0.15) is 27.2 Å². The lowest BCUT2D eigenvalue weighted by Crippen LogP contribution is -2.14. The highest BCUT2D eigenvalue weighted by Gasteiger charge is 2.23. The number of nitrogens with zero attached hydrogens (tertiary/aromatic N) is 1. The Morgan fingerprint density at radius 2 is 1.62 bits per heavy atom. The first kappa shape index (κ1) is 21.7. The molecule has 0 atom stereocenters. The topological polar surface area (TPSA) is 57.5 Å². The van der Waals surface area contributed by atoms with Crippen molar-refractivity contribution < 1.29 is 19.1 Å². The number of carbonyl (C=O) groups is 2. The molecule has 4 rings (SSSR count). The van der Waals surface area contributed by atoms with Gasteiger partial charge in [-0.05, 0) is 42.3 Å². The molecule has 32 heavy (non-hydrogen) atoms. The number of fused-ring (bicyclic) bond motifs is 1. The molecule has 0 bridgehead atoms. The maximum atomic E-state index is 13.3. The smallest absolute Gasteiger partial charge is 0.310 e. The minimum Gasteiger partial charge on any atom is -0.495 e. The highest BCUT2D eigenvalue weighted by molar-refractivity contribution is 6.33. The normalized spacial score (nSPS) is 10.8. The second-order valence-corrected chi connectivity index (χ2v) is 7.80. The summed E-state index contributed by atoms with van der Waals surface area (Å²) >= 11 is 6.37.